The quantitative estimate of drug-likeness (QED) is 0.628. The van der Waals surface area contributed by atoms with E-state index in [1.54, 1.807) is 18.2 Å². The van der Waals surface area contributed by atoms with Crippen LogP contribution in [0.25, 0.3) is 0 Å². The van der Waals surface area contributed by atoms with Crippen LogP contribution in [0.1, 0.15) is 13.8 Å². The lowest BCUT2D eigenvalue weighted by atomic mass is 9.93. The SMILES string of the molecule is CN(CC(C)(C)CN)c1ccccc1[N+](=O)[O-]. The topological polar surface area (TPSA) is 72.4 Å². The summed E-state index contributed by atoms with van der Waals surface area (Å²) >= 11 is 0. The molecule has 0 fully saturated rings. The van der Waals surface area contributed by atoms with Crippen LogP contribution in [0.3, 0.4) is 0 Å². The molecular formula is C12H19N3O2. The normalized spacial score (nSPS) is 11.3. The van der Waals surface area contributed by atoms with E-state index in [4.69, 9.17) is 5.73 Å². The molecule has 5 nitrogen and oxygen atoms in total. The zero-order chi connectivity index (χ0) is 13.1. The van der Waals surface area contributed by atoms with Crippen LogP contribution in [0.2, 0.25) is 0 Å². The van der Waals surface area contributed by atoms with Crippen LogP contribution in [0, 0.1) is 15.5 Å². The maximum absolute atomic E-state index is 10.9. The second kappa shape index (κ2) is 5.14. The maximum atomic E-state index is 10.9. The van der Waals surface area contributed by atoms with Crippen LogP contribution in [-0.2, 0) is 0 Å². The van der Waals surface area contributed by atoms with Crippen molar-refractivity contribution in [3.8, 4) is 0 Å². The van der Waals surface area contributed by atoms with Gasteiger partial charge in [0.1, 0.15) is 5.69 Å². The Balaban J connectivity index is 2.96. The van der Waals surface area contributed by atoms with E-state index in [1.807, 2.05) is 25.8 Å². The average molecular weight is 237 g/mol. The number of hydrogen-bond acceptors (Lipinski definition) is 4. The van der Waals surface area contributed by atoms with Crippen molar-refractivity contribution in [3.63, 3.8) is 0 Å². The molecule has 94 valence electrons. The van der Waals surface area contributed by atoms with E-state index >= 15 is 0 Å². The third-order valence-corrected chi connectivity index (χ3v) is 2.71. The molecule has 0 unspecified atom stereocenters. The van der Waals surface area contributed by atoms with Crippen molar-refractivity contribution < 1.29 is 4.92 Å². The second-order valence-corrected chi connectivity index (χ2v) is 4.97. The third kappa shape index (κ3) is 3.42. The molecule has 0 atom stereocenters. The van der Waals surface area contributed by atoms with Crippen LogP contribution in [0.15, 0.2) is 24.3 Å². The van der Waals surface area contributed by atoms with Gasteiger partial charge in [-0.2, -0.15) is 0 Å². The van der Waals surface area contributed by atoms with E-state index in [9.17, 15) is 10.1 Å². The first-order chi connectivity index (χ1) is 7.87. The summed E-state index contributed by atoms with van der Waals surface area (Å²) in [5, 5.41) is 10.9. The summed E-state index contributed by atoms with van der Waals surface area (Å²) in [4.78, 5) is 12.4. The monoisotopic (exact) mass is 237 g/mol. The van der Waals surface area contributed by atoms with Crippen molar-refractivity contribution in [1.82, 2.24) is 0 Å². The standard InChI is InChI=1S/C12H19N3O2/c1-12(2,8-13)9-14(3)10-6-4-5-7-11(10)15(16)17/h4-7H,8-9,13H2,1-3H3. The van der Waals surface area contributed by atoms with Crippen LogP contribution in [0.4, 0.5) is 11.4 Å². The number of anilines is 1. The highest BCUT2D eigenvalue weighted by atomic mass is 16.6. The first kappa shape index (κ1) is 13.4. The Labute approximate surface area is 101 Å². The Morgan fingerprint density at radius 2 is 2.00 bits per heavy atom. The molecule has 1 aromatic rings. The highest BCUT2D eigenvalue weighted by Crippen LogP contribution is 2.28. The van der Waals surface area contributed by atoms with Gasteiger partial charge in [-0.25, -0.2) is 0 Å². The zero-order valence-electron chi connectivity index (χ0n) is 10.5. The number of rotatable bonds is 5. The predicted octanol–water partition coefficient (Wildman–Crippen LogP) is 2.02. The molecule has 1 rings (SSSR count). The minimum absolute atomic E-state index is 0.0710. The predicted molar refractivity (Wildman–Crippen MR) is 69.2 cm³/mol. The molecule has 0 bridgehead atoms. The molecular weight excluding hydrogens is 218 g/mol. The molecule has 0 amide bonds. The minimum Gasteiger partial charge on any atom is -0.368 e. The smallest absolute Gasteiger partial charge is 0.292 e. The van der Waals surface area contributed by atoms with E-state index in [0.717, 1.165) is 0 Å². The van der Waals surface area contributed by atoms with Crippen molar-refractivity contribution in [2.75, 3.05) is 25.0 Å². The number of nitro groups is 1. The van der Waals surface area contributed by atoms with E-state index in [-0.39, 0.29) is 16.0 Å². The van der Waals surface area contributed by atoms with Gasteiger partial charge in [0, 0.05) is 19.7 Å². The average Bonchev–Trinajstić information content (AvgIpc) is 2.28. The van der Waals surface area contributed by atoms with Crippen molar-refractivity contribution in [2.24, 2.45) is 11.1 Å². The van der Waals surface area contributed by atoms with Gasteiger partial charge in [0.05, 0.1) is 4.92 Å². The summed E-state index contributed by atoms with van der Waals surface area (Å²) in [5.74, 6) is 0. The lowest BCUT2D eigenvalue weighted by Gasteiger charge is -2.30. The Morgan fingerprint density at radius 1 is 1.41 bits per heavy atom. The summed E-state index contributed by atoms with van der Waals surface area (Å²) in [6.07, 6.45) is 0. The van der Waals surface area contributed by atoms with Gasteiger partial charge in [0.25, 0.3) is 5.69 Å². The molecule has 0 radical (unpaired) electrons. The molecule has 0 aliphatic carbocycles. The highest BCUT2D eigenvalue weighted by molar-refractivity contribution is 5.62. The molecule has 0 spiro atoms. The molecule has 0 saturated heterocycles. The molecule has 0 saturated carbocycles. The molecule has 2 N–H and O–H groups in total. The van der Waals surface area contributed by atoms with Gasteiger partial charge >= 0.3 is 0 Å². The summed E-state index contributed by atoms with van der Waals surface area (Å²) in [6, 6.07) is 6.74. The zero-order valence-corrected chi connectivity index (χ0v) is 10.5. The molecule has 0 aliphatic heterocycles. The van der Waals surface area contributed by atoms with Crippen LogP contribution in [0.5, 0.6) is 0 Å². The number of nitrogens with two attached hydrogens (primary N) is 1. The molecule has 0 heterocycles. The molecule has 0 aromatic heterocycles. The Kier molecular flexibility index (Phi) is 4.07. The van der Waals surface area contributed by atoms with Gasteiger partial charge in [-0.05, 0) is 18.0 Å². The fourth-order valence-corrected chi connectivity index (χ4v) is 1.73. The summed E-state index contributed by atoms with van der Waals surface area (Å²) in [6.45, 7) is 5.29. The van der Waals surface area contributed by atoms with Gasteiger partial charge in [0.2, 0.25) is 0 Å². The van der Waals surface area contributed by atoms with Crippen LogP contribution < -0.4 is 10.6 Å². The number of benzene rings is 1. The third-order valence-electron chi connectivity index (χ3n) is 2.71. The van der Waals surface area contributed by atoms with E-state index < -0.39 is 0 Å². The van der Waals surface area contributed by atoms with Gasteiger partial charge in [-0.3, -0.25) is 10.1 Å². The van der Waals surface area contributed by atoms with Crippen LogP contribution in [-0.4, -0.2) is 25.1 Å². The number of nitrogens with zero attached hydrogens (tertiary/aromatic N) is 2. The first-order valence-electron chi connectivity index (χ1n) is 5.52. The largest absolute Gasteiger partial charge is 0.368 e. The van der Waals surface area contributed by atoms with E-state index in [2.05, 4.69) is 0 Å². The number of para-hydroxylation sites is 2. The maximum Gasteiger partial charge on any atom is 0.292 e. The van der Waals surface area contributed by atoms with Crippen molar-refractivity contribution in [1.29, 1.82) is 0 Å². The van der Waals surface area contributed by atoms with Gasteiger partial charge in [-0.1, -0.05) is 26.0 Å². The first-order valence-corrected chi connectivity index (χ1v) is 5.52. The van der Waals surface area contributed by atoms with Crippen molar-refractivity contribution in [2.45, 2.75) is 13.8 Å². The summed E-state index contributed by atoms with van der Waals surface area (Å²) in [5.41, 5.74) is 6.35. The summed E-state index contributed by atoms with van der Waals surface area (Å²) < 4.78 is 0. The fourth-order valence-electron chi connectivity index (χ4n) is 1.73. The Morgan fingerprint density at radius 3 is 2.53 bits per heavy atom. The molecule has 5 heteroatoms. The lowest BCUT2D eigenvalue weighted by molar-refractivity contribution is -0.384. The van der Waals surface area contributed by atoms with Crippen molar-refractivity contribution >= 4 is 11.4 Å². The molecule has 17 heavy (non-hydrogen) atoms. The molecule has 0 aliphatic rings. The number of hydrogen-bond donors (Lipinski definition) is 1. The molecule has 1 aromatic carbocycles. The second-order valence-electron chi connectivity index (χ2n) is 4.97. The van der Waals surface area contributed by atoms with Crippen LogP contribution >= 0.6 is 0 Å². The Bertz CT molecular complexity index is 404. The van der Waals surface area contributed by atoms with E-state index in [0.29, 0.717) is 18.8 Å². The van der Waals surface area contributed by atoms with Gasteiger partial charge < -0.3 is 10.6 Å². The van der Waals surface area contributed by atoms with Crippen molar-refractivity contribution in [3.05, 3.63) is 34.4 Å². The number of nitro benzene ring substituents is 1. The van der Waals surface area contributed by atoms with E-state index in [1.165, 1.54) is 6.07 Å². The fraction of sp³-hybridized carbons (Fsp3) is 0.500. The van der Waals surface area contributed by atoms with Gasteiger partial charge in [0.15, 0.2) is 0 Å². The Hall–Kier alpha value is -1.62. The highest BCUT2D eigenvalue weighted by Gasteiger charge is 2.22. The summed E-state index contributed by atoms with van der Waals surface area (Å²) in [7, 11) is 1.85. The van der Waals surface area contributed by atoms with Gasteiger partial charge in [-0.15, -0.1) is 0 Å². The lowest BCUT2D eigenvalue weighted by Crippen LogP contribution is -2.36. The minimum atomic E-state index is -0.360.